The van der Waals surface area contributed by atoms with Crippen molar-refractivity contribution in [2.24, 2.45) is 0 Å². The maximum Gasteiger partial charge on any atom is 0.336 e. The van der Waals surface area contributed by atoms with Crippen molar-refractivity contribution in [3.8, 4) is 11.5 Å². The highest BCUT2D eigenvalue weighted by atomic mass is 35.5. The Bertz CT molecular complexity index is 1160. The summed E-state index contributed by atoms with van der Waals surface area (Å²) in [5.41, 5.74) is 2.89. The van der Waals surface area contributed by atoms with Crippen LogP contribution in [0.1, 0.15) is 29.7 Å². The zero-order valence-electron chi connectivity index (χ0n) is 17.6. The number of halogens is 1. The van der Waals surface area contributed by atoms with Gasteiger partial charge in [0.05, 0.1) is 23.7 Å². The van der Waals surface area contributed by atoms with Gasteiger partial charge in [-0.05, 0) is 61.0 Å². The molecule has 3 N–H and O–H groups in total. The van der Waals surface area contributed by atoms with Gasteiger partial charge in [-0.1, -0.05) is 35.9 Å². The highest BCUT2D eigenvalue weighted by molar-refractivity contribution is 7.80. The molecular weight excluding hydrogens is 452 g/mol. The number of hydrogen-bond acceptors (Lipinski definition) is 5. The third kappa shape index (κ3) is 5.09. The van der Waals surface area contributed by atoms with E-state index in [1.165, 1.54) is 19.3 Å². The van der Waals surface area contributed by atoms with Crippen molar-refractivity contribution in [3.63, 3.8) is 0 Å². The Morgan fingerprint density at radius 1 is 1.22 bits per heavy atom. The summed E-state index contributed by atoms with van der Waals surface area (Å²) >= 11 is 11.6. The molecule has 0 amide bonds. The van der Waals surface area contributed by atoms with Crippen molar-refractivity contribution in [1.29, 1.82) is 0 Å². The SMILES string of the molecule is COc1cc(C2NC(=S)NC(C)=C2C(=O)O)cc(Cl)c1OC(=O)C=Cc1ccccc1C. The lowest BCUT2D eigenvalue weighted by molar-refractivity contribution is -0.133. The Morgan fingerprint density at radius 2 is 1.94 bits per heavy atom. The van der Waals surface area contributed by atoms with E-state index < -0.39 is 18.0 Å². The van der Waals surface area contributed by atoms with Crippen LogP contribution >= 0.6 is 23.8 Å². The number of methoxy groups -OCH3 is 1. The first kappa shape index (κ1) is 23.3. The highest BCUT2D eigenvalue weighted by Crippen LogP contribution is 2.40. The number of carbonyl (C=O) groups is 2. The molecule has 0 saturated carbocycles. The number of nitrogens with one attached hydrogen (secondary N) is 2. The van der Waals surface area contributed by atoms with Crippen LogP contribution in [0.4, 0.5) is 0 Å². The molecular formula is C23H21ClN2O5S. The van der Waals surface area contributed by atoms with E-state index in [1.54, 1.807) is 19.1 Å². The fourth-order valence-electron chi connectivity index (χ4n) is 3.30. The Kier molecular flexibility index (Phi) is 7.17. The van der Waals surface area contributed by atoms with Gasteiger partial charge in [-0.25, -0.2) is 9.59 Å². The number of benzene rings is 2. The quantitative estimate of drug-likeness (QED) is 0.250. The summed E-state index contributed by atoms with van der Waals surface area (Å²) in [6.45, 7) is 3.56. The number of hydrogen-bond donors (Lipinski definition) is 3. The number of aliphatic carboxylic acids is 1. The van der Waals surface area contributed by atoms with Crippen molar-refractivity contribution in [2.75, 3.05) is 7.11 Å². The molecule has 0 bridgehead atoms. The minimum atomic E-state index is -1.11. The van der Waals surface area contributed by atoms with Gasteiger partial charge in [0.2, 0.25) is 0 Å². The lowest BCUT2D eigenvalue weighted by atomic mass is 9.95. The topological polar surface area (TPSA) is 96.9 Å². The molecule has 0 spiro atoms. The minimum Gasteiger partial charge on any atom is -0.493 e. The molecule has 1 aliphatic heterocycles. The predicted molar refractivity (Wildman–Crippen MR) is 126 cm³/mol. The summed E-state index contributed by atoms with van der Waals surface area (Å²) in [7, 11) is 1.40. The van der Waals surface area contributed by atoms with Crippen molar-refractivity contribution < 1.29 is 24.2 Å². The van der Waals surface area contributed by atoms with E-state index in [2.05, 4.69) is 10.6 Å². The van der Waals surface area contributed by atoms with Crippen LogP contribution in [-0.4, -0.2) is 29.3 Å². The first-order chi connectivity index (χ1) is 15.2. The average molecular weight is 473 g/mol. The maximum atomic E-state index is 12.4. The molecule has 1 unspecified atom stereocenters. The van der Waals surface area contributed by atoms with Gasteiger partial charge < -0.3 is 25.2 Å². The van der Waals surface area contributed by atoms with Gasteiger partial charge in [0.1, 0.15) is 0 Å². The van der Waals surface area contributed by atoms with Gasteiger partial charge in [0.15, 0.2) is 16.6 Å². The van der Waals surface area contributed by atoms with Crippen LogP contribution in [0.15, 0.2) is 53.7 Å². The molecule has 3 rings (SSSR count). The molecule has 1 atom stereocenters. The zero-order valence-corrected chi connectivity index (χ0v) is 19.1. The number of thiocarbonyl (C=S) groups is 1. The molecule has 0 aliphatic carbocycles. The largest absolute Gasteiger partial charge is 0.493 e. The second-order valence-corrected chi connectivity index (χ2v) is 7.84. The summed E-state index contributed by atoms with van der Waals surface area (Å²) in [4.78, 5) is 24.2. The van der Waals surface area contributed by atoms with Crippen LogP contribution in [0, 0.1) is 6.92 Å². The predicted octanol–water partition coefficient (Wildman–Crippen LogP) is 4.15. The van der Waals surface area contributed by atoms with Crippen LogP contribution in [-0.2, 0) is 9.59 Å². The van der Waals surface area contributed by atoms with E-state index in [0.717, 1.165) is 11.1 Å². The fraction of sp³-hybridized carbons (Fsp3) is 0.174. The van der Waals surface area contributed by atoms with Crippen molar-refractivity contribution >= 4 is 46.9 Å². The maximum absolute atomic E-state index is 12.4. The molecule has 0 fully saturated rings. The Hall–Kier alpha value is -3.36. The van der Waals surface area contributed by atoms with Gasteiger partial charge in [0.25, 0.3) is 0 Å². The van der Waals surface area contributed by atoms with Crippen LogP contribution in [0.25, 0.3) is 6.08 Å². The van der Waals surface area contributed by atoms with Crippen LogP contribution in [0.2, 0.25) is 5.02 Å². The monoisotopic (exact) mass is 472 g/mol. The fourth-order valence-corrected chi connectivity index (χ4v) is 3.83. The van der Waals surface area contributed by atoms with Gasteiger partial charge in [-0.2, -0.15) is 0 Å². The number of ether oxygens (including phenoxy) is 2. The van der Waals surface area contributed by atoms with E-state index in [4.69, 9.17) is 33.3 Å². The Labute approximate surface area is 195 Å². The third-order valence-corrected chi connectivity index (χ3v) is 5.38. The summed E-state index contributed by atoms with van der Waals surface area (Å²) < 4.78 is 10.8. The van der Waals surface area contributed by atoms with Gasteiger partial charge in [0, 0.05) is 11.8 Å². The van der Waals surface area contributed by atoms with Crippen molar-refractivity contribution in [1.82, 2.24) is 10.6 Å². The second-order valence-electron chi connectivity index (χ2n) is 7.02. The number of carbonyl (C=O) groups excluding carboxylic acids is 1. The normalized spacial score (nSPS) is 15.9. The van der Waals surface area contributed by atoms with E-state index in [-0.39, 0.29) is 27.2 Å². The second kappa shape index (κ2) is 9.84. The number of esters is 1. The minimum absolute atomic E-state index is 0.0337. The van der Waals surface area contributed by atoms with Crippen LogP contribution in [0.3, 0.4) is 0 Å². The molecule has 0 saturated heterocycles. The number of rotatable bonds is 6. The van der Waals surface area contributed by atoms with Crippen molar-refractivity contribution in [2.45, 2.75) is 19.9 Å². The van der Waals surface area contributed by atoms with E-state index in [1.807, 2.05) is 31.2 Å². The molecule has 32 heavy (non-hydrogen) atoms. The molecule has 2 aromatic rings. The molecule has 7 nitrogen and oxygen atoms in total. The summed E-state index contributed by atoms with van der Waals surface area (Å²) in [6.07, 6.45) is 2.95. The molecule has 166 valence electrons. The Balaban J connectivity index is 1.91. The smallest absolute Gasteiger partial charge is 0.336 e. The number of carboxylic acid groups (broad SMARTS) is 1. The summed E-state index contributed by atoms with van der Waals surface area (Å²) in [5.74, 6) is -1.53. The molecule has 0 radical (unpaired) electrons. The third-order valence-electron chi connectivity index (χ3n) is 4.87. The van der Waals surface area contributed by atoms with E-state index >= 15 is 0 Å². The first-order valence-corrected chi connectivity index (χ1v) is 10.3. The zero-order chi connectivity index (χ0) is 23.4. The molecule has 9 heteroatoms. The van der Waals surface area contributed by atoms with Crippen LogP contribution < -0.4 is 20.1 Å². The summed E-state index contributed by atoms with van der Waals surface area (Å²) in [5, 5.41) is 15.7. The van der Waals surface area contributed by atoms with E-state index in [9.17, 15) is 14.7 Å². The number of aryl methyl sites for hydroxylation is 1. The highest BCUT2D eigenvalue weighted by Gasteiger charge is 2.31. The lowest BCUT2D eigenvalue weighted by Gasteiger charge is -2.29. The standard InChI is InChI=1S/C23H21ClN2O5S/c1-12-6-4-5-7-14(12)8-9-18(27)31-21-16(24)10-15(11-17(21)30-3)20-19(22(28)29)13(2)25-23(32)26-20/h4-11,20H,1-3H3,(H,28,29)(H2,25,26,32). The Morgan fingerprint density at radius 3 is 2.59 bits per heavy atom. The first-order valence-electron chi connectivity index (χ1n) is 9.55. The molecule has 0 aromatic heterocycles. The van der Waals surface area contributed by atoms with Gasteiger partial charge in [-0.15, -0.1) is 0 Å². The molecule has 1 heterocycles. The van der Waals surface area contributed by atoms with Crippen LogP contribution in [0.5, 0.6) is 11.5 Å². The van der Waals surface area contributed by atoms with Crippen molar-refractivity contribution in [3.05, 3.63) is 75.5 Å². The van der Waals surface area contributed by atoms with E-state index in [0.29, 0.717) is 11.3 Å². The van der Waals surface area contributed by atoms with Gasteiger partial charge in [-0.3, -0.25) is 0 Å². The molecule has 2 aromatic carbocycles. The number of allylic oxidation sites excluding steroid dienone is 1. The number of carboxylic acids is 1. The average Bonchev–Trinajstić information content (AvgIpc) is 2.73. The lowest BCUT2D eigenvalue weighted by Crippen LogP contribution is -2.44. The molecule has 1 aliphatic rings. The summed E-state index contributed by atoms with van der Waals surface area (Å²) in [6, 6.07) is 9.91. The van der Waals surface area contributed by atoms with Gasteiger partial charge >= 0.3 is 11.9 Å².